The molecule has 4 N–H and O–H groups in total. The van der Waals surface area contributed by atoms with Crippen molar-refractivity contribution in [2.24, 2.45) is 5.41 Å². The first-order valence-corrected chi connectivity index (χ1v) is 6.99. The predicted molar refractivity (Wildman–Crippen MR) is 81.0 cm³/mol. The fraction of sp³-hybridized carbons (Fsp3) is 0.500. The van der Waals surface area contributed by atoms with Crippen LogP contribution in [-0.2, 0) is 0 Å². The molecule has 1 aromatic carbocycles. The first-order valence-electron chi connectivity index (χ1n) is 6.20. The van der Waals surface area contributed by atoms with Gasteiger partial charge in [-0.3, -0.25) is 4.79 Å². The van der Waals surface area contributed by atoms with E-state index in [9.17, 15) is 9.90 Å². The molecule has 0 heterocycles. The van der Waals surface area contributed by atoms with Gasteiger partial charge in [0.25, 0.3) is 5.91 Å². The number of aliphatic hydroxyl groups is 1. The lowest BCUT2D eigenvalue weighted by Crippen LogP contribution is -2.34. The second-order valence-electron chi connectivity index (χ2n) is 5.86. The van der Waals surface area contributed by atoms with Crippen molar-refractivity contribution < 1.29 is 9.90 Å². The van der Waals surface area contributed by atoms with E-state index in [-0.39, 0.29) is 17.9 Å². The molecule has 1 aromatic rings. The lowest BCUT2D eigenvalue weighted by Gasteiger charge is -2.22. The summed E-state index contributed by atoms with van der Waals surface area (Å²) >= 11 is 3.28. The Balaban J connectivity index is 2.53. The Morgan fingerprint density at radius 2 is 2.11 bits per heavy atom. The second kappa shape index (κ2) is 6.39. The van der Waals surface area contributed by atoms with E-state index in [2.05, 4.69) is 42.0 Å². The van der Waals surface area contributed by atoms with E-state index >= 15 is 0 Å². The van der Waals surface area contributed by atoms with Crippen LogP contribution in [0.5, 0.6) is 0 Å². The quantitative estimate of drug-likeness (QED) is 0.743. The summed E-state index contributed by atoms with van der Waals surface area (Å²) in [4.78, 5) is 11.9. The number of amides is 1. The zero-order valence-electron chi connectivity index (χ0n) is 11.5. The minimum atomic E-state index is -0.541. The van der Waals surface area contributed by atoms with E-state index < -0.39 is 6.10 Å². The monoisotopic (exact) mass is 328 g/mol. The molecule has 0 saturated heterocycles. The Bertz CT molecular complexity index is 455. The Hall–Kier alpha value is -1.07. The van der Waals surface area contributed by atoms with Gasteiger partial charge in [0, 0.05) is 22.3 Å². The van der Waals surface area contributed by atoms with Gasteiger partial charge in [0.1, 0.15) is 0 Å². The number of nitrogen functional groups attached to an aromatic ring is 1. The Kier molecular flexibility index (Phi) is 5.38. The largest absolute Gasteiger partial charge is 0.398 e. The van der Waals surface area contributed by atoms with Gasteiger partial charge < -0.3 is 16.2 Å². The van der Waals surface area contributed by atoms with E-state index in [1.165, 1.54) is 0 Å². The second-order valence-corrected chi connectivity index (χ2v) is 6.72. The van der Waals surface area contributed by atoms with Crippen molar-refractivity contribution in [3.8, 4) is 0 Å². The molecule has 0 aliphatic carbocycles. The average Bonchev–Trinajstić information content (AvgIpc) is 2.27. The van der Waals surface area contributed by atoms with Crippen molar-refractivity contribution >= 4 is 27.5 Å². The van der Waals surface area contributed by atoms with Crippen LogP contribution in [0.3, 0.4) is 0 Å². The number of nitrogens with two attached hydrogens (primary N) is 1. The van der Waals surface area contributed by atoms with Gasteiger partial charge in [0.2, 0.25) is 0 Å². The van der Waals surface area contributed by atoms with E-state index in [1.807, 2.05) is 0 Å². The van der Waals surface area contributed by atoms with E-state index in [0.29, 0.717) is 22.1 Å². The molecule has 0 aromatic heterocycles. The van der Waals surface area contributed by atoms with Crippen LogP contribution in [0.2, 0.25) is 0 Å². The molecule has 106 valence electrons. The highest BCUT2D eigenvalue weighted by Crippen LogP contribution is 2.21. The topological polar surface area (TPSA) is 75.3 Å². The van der Waals surface area contributed by atoms with Crippen LogP contribution in [0.4, 0.5) is 5.69 Å². The molecule has 0 aliphatic rings. The molecule has 0 saturated carbocycles. The van der Waals surface area contributed by atoms with Gasteiger partial charge >= 0.3 is 0 Å². The average molecular weight is 329 g/mol. The maximum atomic E-state index is 11.9. The van der Waals surface area contributed by atoms with Gasteiger partial charge in [-0.2, -0.15) is 0 Å². The maximum absolute atomic E-state index is 11.9. The highest BCUT2D eigenvalue weighted by atomic mass is 79.9. The number of nitrogens with one attached hydrogen (secondary N) is 1. The molecule has 0 radical (unpaired) electrons. The van der Waals surface area contributed by atoms with E-state index in [4.69, 9.17) is 5.73 Å². The number of aliphatic hydroxyl groups excluding tert-OH is 1. The molecule has 0 bridgehead atoms. The molecule has 5 heteroatoms. The predicted octanol–water partition coefficient (Wildman–Crippen LogP) is 2.56. The first kappa shape index (κ1) is 16.0. The Labute approximate surface area is 122 Å². The summed E-state index contributed by atoms with van der Waals surface area (Å²) < 4.78 is 0.690. The molecule has 0 fully saturated rings. The number of carbonyl (C=O) groups is 1. The lowest BCUT2D eigenvalue weighted by molar-refractivity contribution is 0.0868. The Morgan fingerprint density at radius 3 is 2.63 bits per heavy atom. The van der Waals surface area contributed by atoms with Crippen LogP contribution >= 0.6 is 15.9 Å². The fourth-order valence-electron chi connectivity index (χ4n) is 1.76. The third-order valence-electron chi connectivity index (χ3n) is 2.61. The molecular formula is C14H21BrN2O2. The molecule has 1 atom stereocenters. The molecule has 0 aliphatic heterocycles. The first-order chi connectivity index (χ1) is 8.69. The van der Waals surface area contributed by atoms with Crippen LogP contribution in [0.1, 0.15) is 37.6 Å². The number of benzene rings is 1. The van der Waals surface area contributed by atoms with Crippen LogP contribution in [0.25, 0.3) is 0 Å². The lowest BCUT2D eigenvalue weighted by atomic mass is 9.89. The molecule has 0 spiro atoms. The summed E-state index contributed by atoms with van der Waals surface area (Å²) in [5.74, 6) is -0.214. The van der Waals surface area contributed by atoms with Gasteiger partial charge in [-0.1, -0.05) is 20.8 Å². The molecular weight excluding hydrogens is 308 g/mol. The summed E-state index contributed by atoms with van der Waals surface area (Å²) in [5, 5.41) is 12.6. The minimum Gasteiger partial charge on any atom is -0.398 e. The number of anilines is 1. The summed E-state index contributed by atoms with van der Waals surface area (Å²) in [6.07, 6.45) is 0.0970. The van der Waals surface area contributed by atoms with Crippen molar-refractivity contribution in [2.45, 2.75) is 33.3 Å². The number of rotatable bonds is 4. The summed E-state index contributed by atoms with van der Waals surface area (Å²) in [7, 11) is 0. The number of halogens is 1. The normalized spacial score (nSPS) is 13.1. The van der Waals surface area contributed by atoms with Crippen molar-refractivity contribution in [3.63, 3.8) is 0 Å². The minimum absolute atomic E-state index is 0.0361. The van der Waals surface area contributed by atoms with Gasteiger partial charge in [-0.15, -0.1) is 0 Å². The molecule has 19 heavy (non-hydrogen) atoms. The third-order valence-corrected chi connectivity index (χ3v) is 3.30. The number of hydrogen-bond acceptors (Lipinski definition) is 3. The zero-order valence-corrected chi connectivity index (χ0v) is 13.1. The smallest absolute Gasteiger partial charge is 0.251 e. The van der Waals surface area contributed by atoms with E-state index in [1.54, 1.807) is 18.2 Å². The van der Waals surface area contributed by atoms with Crippen molar-refractivity contribution in [1.29, 1.82) is 0 Å². The molecule has 1 rings (SSSR count). The number of hydrogen-bond donors (Lipinski definition) is 3. The maximum Gasteiger partial charge on any atom is 0.251 e. The fourth-order valence-corrected chi connectivity index (χ4v) is 2.14. The standard InChI is InChI=1S/C14H21BrN2O2/c1-14(2,3)7-10(18)8-17-13(19)9-4-5-12(16)11(15)6-9/h4-6,10,18H,7-8,16H2,1-3H3,(H,17,19). The molecule has 4 nitrogen and oxygen atoms in total. The third kappa shape index (κ3) is 5.61. The van der Waals surface area contributed by atoms with Gasteiger partial charge in [0.15, 0.2) is 0 Å². The molecule has 1 unspecified atom stereocenters. The Morgan fingerprint density at radius 1 is 1.47 bits per heavy atom. The summed E-state index contributed by atoms with van der Waals surface area (Å²) in [6.45, 7) is 6.40. The van der Waals surface area contributed by atoms with Crippen LogP contribution in [-0.4, -0.2) is 23.7 Å². The highest BCUT2D eigenvalue weighted by molar-refractivity contribution is 9.10. The number of carbonyl (C=O) groups excluding carboxylic acids is 1. The summed E-state index contributed by atoms with van der Waals surface area (Å²) in [5.41, 5.74) is 6.80. The van der Waals surface area contributed by atoms with Gasteiger partial charge in [-0.25, -0.2) is 0 Å². The SMILES string of the molecule is CC(C)(C)CC(O)CNC(=O)c1ccc(N)c(Br)c1. The zero-order chi connectivity index (χ0) is 14.6. The van der Waals surface area contributed by atoms with Crippen molar-refractivity contribution in [3.05, 3.63) is 28.2 Å². The van der Waals surface area contributed by atoms with E-state index in [0.717, 1.165) is 0 Å². The van der Waals surface area contributed by atoms with Crippen molar-refractivity contribution in [2.75, 3.05) is 12.3 Å². The summed E-state index contributed by atoms with van der Waals surface area (Å²) in [6, 6.07) is 5.00. The van der Waals surface area contributed by atoms with Gasteiger partial charge in [0.05, 0.1) is 6.10 Å². The van der Waals surface area contributed by atoms with Crippen molar-refractivity contribution in [1.82, 2.24) is 5.32 Å². The van der Waals surface area contributed by atoms with Crippen LogP contribution in [0.15, 0.2) is 22.7 Å². The molecule has 1 amide bonds. The van der Waals surface area contributed by atoms with Gasteiger partial charge in [-0.05, 0) is 46.0 Å². The van der Waals surface area contributed by atoms with Crippen LogP contribution < -0.4 is 11.1 Å². The highest BCUT2D eigenvalue weighted by Gasteiger charge is 2.17. The van der Waals surface area contributed by atoms with Crippen LogP contribution in [0, 0.1) is 5.41 Å².